The molecule has 3 heterocycles. The van der Waals surface area contributed by atoms with Crippen molar-refractivity contribution in [1.29, 1.82) is 0 Å². The molecule has 0 saturated carbocycles. The number of ether oxygens (including phenoxy) is 1. The van der Waals surface area contributed by atoms with E-state index < -0.39 is 15.9 Å². The largest absolute Gasteiger partial charge is 0.378 e. The Morgan fingerprint density at radius 3 is 2.90 bits per heavy atom. The van der Waals surface area contributed by atoms with Crippen LogP contribution in [-0.4, -0.2) is 43.5 Å². The summed E-state index contributed by atoms with van der Waals surface area (Å²) in [5.74, 6) is -0.859. The molecule has 8 nitrogen and oxygen atoms in total. The topological polar surface area (TPSA) is 106 Å². The lowest BCUT2D eigenvalue weighted by Gasteiger charge is -2.22. The van der Waals surface area contributed by atoms with Gasteiger partial charge in [-0.2, -0.15) is 0 Å². The summed E-state index contributed by atoms with van der Waals surface area (Å²) < 4.78 is 32.5. The Bertz CT molecular complexity index is 1070. The molecule has 2 aliphatic heterocycles. The smallest absolute Gasteiger partial charge is 0.273 e. The number of rotatable bonds is 4. The predicted octanol–water partition coefficient (Wildman–Crippen LogP) is 2.29. The van der Waals surface area contributed by atoms with Crippen LogP contribution in [0.2, 0.25) is 0 Å². The molecule has 1 fully saturated rings. The molecular formula is C20H23N3O5S. The van der Waals surface area contributed by atoms with Gasteiger partial charge in [-0.05, 0) is 62.4 Å². The Morgan fingerprint density at radius 1 is 1.31 bits per heavy atom. The van der Waals surface area contributed by atoms with Crippen LogP contribution in [0.15, 0.2) is 35.4 Å². The molecule has 9 heteroatoms. The van der Waals surface area contributed by atoms with Crippen LogP contribution < -0.4 is 10.6 Å². The maximum atomic E-state index is 13.0. The van der Waals surface area contributed by atoms with Gasteiger partial charge in [-0.25, -0.2) is 12.4 Å². The number of benzene rings is 1. The van der Waals surface area contributed by atoms with E-state index in [4.69, 9.17) is 4.74 Å². The number of carbonyl (C=O) groups excluding carboxylic acids is 2. The van der Waals surface area contributed by atoms with E-state index in [-0.39, 0.29) is 33.9 Å². The van der Waals surface area contributed by atoms with E-state index in [0.29, 0.717) is 12.1 Å². The second-order valence-electron chi connectivity index (χ2n) is 7.40. The van der Waals surface area contributed by atoms with Crippen LogP contribution in [0, 0.1) is 6.92 Å². The summed E-state index contributed by atoms with van der Waals surface area (Å²) in [5, 5.41) is 5.45. The van der Waals surface area contributed by atoms with Crippen molar-refractivity contribution in [3.63, 3.8) is 0 Å². The van der Waals surface area contributed by atoms with Crippen molar-refractivity contribution in [1.82, 2.24) is 9.29 Å². The van der Waals surface area contributed by atoms with E-state index >= 15 is 0 Å². The third-order valence-corrected chi connectivity index (χ3v) is 6.94. The first-order valence-electron chi connectivity index (χ1n) is 9.66. The average Bonchev–Trinajstić information content (AvgIpc) is 3.08. The number of anilines is 1. The predicted molar refractivity (Wildman–Crippen MR) is 107 cm³/mol. The highest BCUT2D eigenvalue weighted by atomic mass is 32.2. The van der Waals surface area contributed by atoms with Crippen LogP contribution >= 0.6 is 0 Å². The third kappa shape index (κ3) is 3.79. The summed E-state index contributed by atoms with van der Waals surface area (Å²) in [5.41, 5.74) is 1.09. The number of amides is 2. The van der Waals surface area contributed by atoms with Crippen LogP contribution in [0.5, 0.6) is 0 Å². The van der Waals surface area contributed by atoms with Gasteiger partial charge in [-0.3, -0.25) is 9.59 Å². The highest BCUT2D eigenvalue weighted by molar-refractivity contribution is 7.90. The number of aryl methyl sites for hydroxylation is 1. The van der Waals surface area contributed by atoms with Crippen LogP contribution in [0.3, 0.4) is 0 Å². The van der Waals surface area contributed by atoms with Gasteiger partial charge in [0.1, 0.15) is 10.6 Å². The van der Waals surface area contributed by atoms with E-state index in [1.54, 1.807) is 6.92 Å². The molecule has 2 aliphatic rings. The van der Waals surface area contributed by atoms with Crippen molar-refractivity contribution < 1.29 is 22.7 Å². The average molecular weight is 417 g/mol. The van der Waals surface area contributed by atoms with Crippen molar-refractivity contribution >= 4 is 27.5 Å². The normalized spacial score (nSPS) is 20.2. The lowest BCUT2D eigenvalue weighted by molar-refractivity contribution is 0.0117. The molecular weight excluding hydrogens is 394 g/mol. The van der Waals surface area contributed by atoms with Gasteiger partial charge in [0.2, 0.25) is 0 Å². The van der Waals surface area contributed by atoms with E-state index in [9.17, 15) is 18.0 Å². The molecule has 1 saturated heterocycles. The molecule has 0 unspecified atom stereocenters. The standard InChI is InChI=1S/C20H23N3O5S/c1-13-10-17-20(25)22-16-11-14(5-6-18(16)29(26,27)23(17)12-13)19(24)21-8-7-15-4-2-3-9-28-15/h5-6,10-12,15H,2-4,7-9H2,1H3,(H,21,24)(H,22,25)/t15-/m0/s1. The number of fused-ring (bicyclic) bond motifs is 2. The fourth-order valence-corrected chi connectivity index (χ4v) is 5.24. The van der Waals surface area contributed by atoms with Crippen molar-refractivity contribution in [3.8, 4) is 0 Å². The summed E-state index contributed by atoms with van der Waals surface area (Å²) in [7, 11) is -3.94. The molecule has 154 valence electrons. The Balaban J connectivity index is 1.53. The maximum absolute atomic E-state index is 13.0. The summed E-state index contributed by atoms with van der Waals surface area (Å²) in [6.07, 6.45) is 5.53. The van der Waals surface area contributed by atoms with Crippen LogP contribution in [0.1, 0.15) is 52.1 Å². The van der Waals surface area contributed by atoms with Gasteiger partial charge in [0.15, 0.2) is 0 Å². The molecule has 0 spiro atoms. The van der Waals surface area contributed by atoms with E-state index in [0.717, 1.165) is 36.3 Å². The van der Waals surface area contributed by atoms with Crippen molar-refractivity contribution in [2.45, 2.75) is 43.6 Å². The lowest BCUT2D eigenvalue weighted by atomic mass is 10.1. The SMILES string of the molecule is Cc1cc2n(c1)S(=O)(=O)c1ccc(C(=O)NCC[C@@H]3CCCCO3)cc1NC2=O. The first kappa shape index (κ1) is 19.7. The van der Waals surface area contributed by atoms with Crippen LogP contribution in [0.4, 0.5) is 5.69 Å². The van der Waals surface area contributed by atoms with Gasteiger partial charge in [0.05, 0.1) is 11.8 Å². The molecule has 0 radical (unpaired) electrons. The third-order valence-electron chi connectivity index (χ3n) is 5.21. The molecule has 29 heavy (non-hydrogen) atoms. The van der Waals surface area contributed by atoms with Gasteiger partial charge in [0, 0.05) is 24.9 Å². The van der Waals surface area contributed by atoms with E-state index in [2.05, 4.69) is 10.6 Å². The molecule has 1 aromatic carbocycles. The number of hydrogen-bond acceptors (Lipinski definition) is 5. The Morgan fingerprint density at radius 2 is 2.14 bits per heavy atom. The summed E-state index contributed by atoms with van der Waals surface area (Å²) in [6, 6.07) is 5.72. The van der Waals surface area contributed by atoms with Gasteiger partial charge in [-0.15, -0.1) is 0 Å². The van der Waals surface area contributed by atoms with Crippen LogP contribution in [-0.2, 0) is 14.8 Å². The Hall–Kier alpha value is -2.65. The summed E-state index contributed by atoms with van der Waals surface area (Å²) in [6.45, 7) is 2.95. The van der Waals surface area contributed by atoms with Crippen molar-refractivity contribution in [2.24, 2.45) is 0 Å². The zero-order valence-electron chi connectivity index (χ0n) is 16.1. The molecule has 2 aromatic rings. The highest BCUT2D eigenvalue weighted by Crippen LogP contribution is 2.30. The Kier molecular flexibility index (Phi) is 5.18. The van der Waals surface area contributed by atoms with Crippen LogP contribution in [0.25, 0.3) is 0 Å². The van der Waals surface area contributed by atoms with Gasteiger partial charge in [-0.1, -0.05) is 0 Å². The number of aromatic nitrogens is 1. The number of hydrogen-bond donors (Lipinski definition) is 2. The molecule has 0 bridgehead atoms. The molecule has 0 aliphatic carbocycles. The fraction of sp³-hybridized carbons (Fsp3) is 0.400. The summed E-state index contributed by atoms with van der Waals surface area (Å²) >= 11 is 0. The van der Waals surface area contributed by atoms with Gasteiger partial charge < -0.3 is 15.4 Å². The second-order valence-corrected chi connectivity index (χ2v) is 9.19. The van der Waals surface area contributed by atoms with E-state index in [1.165, 1.54) is 30.5 Å². The first-order chi connectivity index (χ1) is 13.9. The molecule has 1 aromatic heterocycles. The molecule has 1 atom stereocenters. The Labute approximate surface area is 169 Å². The zero-order valence-corrected chi connectivity index (χ0v) is 16.9. The van der Waals surface area contributed by atoms with E-state index in [1.807, 2.05) is 0 Å². The maximum Gasteiger partial charge on any atom is 0.273 e. The quantitative estimate of drug-likeness (QED) is 0.794. The molecule has 2 amide bonds. The minimum Gasteiger partial charge on any atom is -0.378 e. The minimum atomic E-state index is -3.94. The highest BCUT2D eigenvalue weighted by Gasteiger charge is 2.31. The first-order valence-corrected chi connectivity index (χ1v) is 11.1. The lowest BCUT2D eigenvalue weighted by Crippen LogP contribution is -2.29. The number of carbonyl (C=O) groups is 2. The monoisotopic (exact) mass is 417 g/mol. The zero-order chi connectivity index (χ0) is 20.6. The molecule has 2 N–H and O–H groups in total. The number of nitrogens with zero attached hydrogens (tertiary/aromatic N) is 1. The van der Waals surface area contributed by atoms with Gasteiger partial charge in [0.25, 0.3) is 21.8 Å². The number of nitrogens with one attached hydrogen (secondary N) is 2. The van der Waals surface area contributed by atoms with Crippen molar-refractivity contribution in [3.05, 3.63) is 47.3 Å². The van der Waals surface area contributed by atoms with Crippen molar-refractivity contribution in [2.75, 3.05) is 18.5 Å². The summed E-state index contributed by atoms with van der Waals surface area (Å²) in [4.78, 5) is 24.9. The fourth-order valence-electron chi connectivity index (χ4n) is 3.71. The molecule has 4 rings (SSSR count). The van der Waals surface area contributed by atoms with Gasteiger partial charge >= 0.3 is 0 Å². The minimum absolute atomic E-state index is 0.0391. The second kappa shape index (κ2) is 7.64.